The van der Waals surface area contributed by atoms with Crippen molar-refractivity contribution in [3.63, 3.8) is 0 Å². The normalized spacial score (nSPS) is 15.2. The Kier molecular flexibility index (Phi) is 19.7. The number of likely N-dealkylation sites (N-methyl/N-ethyl adjacent to an activating group) is 1. The predicted octanol–water partition coefficient (Wildman–Crippen LogP) is 5.18. The molecule has 7 nitrogen and oxygen atoms in total. The molecule has 0 rings (SSSR count). The van der Waals surface area contributed by atoms with Crippen LogP contribution in [-0.4, -0.2) is 63.2 Å². The van der Waals surface area contributed by atoms with E-state index in [4.69, 9.17) is 13.8 Å². The van der Waals surface area contributed by atoms with Gasteiger partial charge in [0.2, 0.25) is 0 Å². The van der Waals surface area contributed by atoms with Crippen LogP contribution in [0.5, 0.6) is 0 Å². The van der Waals surface area contributed by atoms with Gasteiger partial charge in [0.05, 0.1) is 34.0 Å². The zero-order valence-electron chi connectivity index (χ0n) is 21.1. The Morgan fingerprint density at radius 3 is 1.94 bits per heavy atom. The number of ether oxygens (including phenoxy) is 1. The summed E-state index contributed by atoms with van der Waals surface area (Å²) in [6.07, 6.45) is 19.4. The highest BCUT2D eigenvalue weighted by atomic mass is 31.2. The van der Waals surface area contributed by atoms with Crippen LogP contribution in [0.15, 0.2) is 12.3 Å². The lowest BCUT2D eigenvalue weighted by Gasteiger charge is -2.27. The average molecular weight is 480 g/mol. The second-order valence-electron chi connectivity index (χ2n) is 9.63. The molecule has 0 aromatic heterocycles. The van der Waals surface area contributed by atoms with Crippen LogP contribution in [0.4, 0.5) is 0 Å². The molecule has 0 aliphatic heterocycles. The predicted molar refractivity (Wildman–Crippen MR) is 129 cm³/mol. The number of phosphoric ester groups is 1. The first-order chi connectivity index (χ1) is 15.2. The second kappa shape index (κ2) is 20.0. The molecule has 0 saturated heterocycles. The van der Waals surface area contributed by atoms with E-state index in [0.29, 0.717) is 11.0 Å². The third kappa shape index (κ3) is 24.2. The quantitative estimate of drug-likeness (QED) is 0.0941. The number of nitrogens with zero attached hydrogens (tertiary/aromatic N) is 1. The molecule has 0 aliphatic carbocycles. The van der Waals surface area contributed by atoms with Crippen molar-refractivity contribution >= 4 is 7.82 Å². The highest BCUT2D eigenvalue weighted by Gasteiger charge is 2.15. The summed E-state index contributed by atoms with van der Waals surface area (Å²) < 4.78 is 27.0. The third-order valence-corrected chi connectivity index (χ3v) is 6.11. The molecule has 8 heteroatoms. The lowest BCUT2D eigenvalue weighted by molar-refractivity contribution is -0.870. The lowest BCUT2D eigenvalue weighted by Crippen LogP contribution is -2.37. The van der Waals surface area contributed by atoms with Crippen LogP contribution in [0.25, 0.3) is 0 Å². The van der Waals surface area contributed by atoms with Gasteiger partial charge in [0.15, 0.2) is 0 Å². The average Bonchev–Trinajstić information content (AvgIpc) is 2.71. The van der Waals surface area contributed by atoms with Crippen LogP contribution in [-0.2, 0) is 18.3 Å². The van der Waals surface area contributed by atoms with Gasteiger partial charge in [-0.1, -0.05) is 77.6 Å². The van der Waals surface area contributed by atoms with Crippen LogP contribution >= 0.6 is 7.82 Å². The second-order valence-corrected chi connectivity index (χ2v) is 11.0. The highest BCUT2D eigenvalue weighted by Crippen LogP contribution is 2.38. The molecule has 32 heavy (non-hydrogen) atoms. The van der Waals surface area contributed by atoms with E-state index < -0.39 is 13.9 Å². The largest absolute Gasteiger partial charge is 0.756 e. The fourth-order valence-electron chi connectivity index (χ4n) is 3.10. The van der Waals surface area contributed by atoms with Crippen LogP contribution < -0.4 is 4.89 Å². The molecule has 0 spiro atoms. The Morgan fingerprint density at radius 1 is 0.875 bits per heavy atom. The molecule has 0 heterocycles. The van der Waals surface area contributed by atoms with Crippen molar-refractivity contribution in [2.75, 3.05) is 47.5 Å². The van der Waals surface area contributed by atoms with Crippen molar-refractivity contribution < 1.29 is 32.8 Å². The molecule has 0 aliphatic rings. The summed E-state index contributed by atoms with van der Waals surface area (Å²) in [5.41, 5.74) is 0. The Hall–Kier alpha value is -0.430. The van der Waals surface area contributed by atoms with Gasteiger partial charge in [-0.3, -0.25) is 4.57 Å². The molecular formula is C24H50NO6P. The topological polar surface area (TPSA) is 88.0 Å². The minimum absolute atomic E-state index is 0.0200. The summed E-state index contributed by atoms with van der Waals surface area (Å²) in [7, 11) is 1.41. The molecule has 0 aromatic carbocycles. The SMILES string of the molecule is CCCCCCCCCCCCCC/C=C\OCC(O)COP(=O)([O-])OCC[N+](C)(C)C. The maximum atomic E-state index is 11.7. The number of aliphatic hydroxyl groups is 1. The fraction of sp³-hybridized carbons (Fsp3) is 0.917. The number of phosphoric acid groups is 1. The van der Waals surface area contributed by atoms with Gasteiger partial charge >= 0.3 is 0 Å². The van der Waals surface area contributed by atoms with Gasteiger partial charge < -0.3 is 28.3 Å². The molecule has 2 unspecified atom stereocenters. The van der Waals surface area contributed by atoms with Crippen LogP contribution in [0.1, 0.15) is 90.4 Å². The Morgan fingerprint density at radius 2 is 1.41 bits per heavy atom. The zero-order valence-corrected chi connectivity index (χ0v) is 22.0. The molecule has 192 valence electrons. The van der Waals surface area contributed by atoms with Gasteiger partial charge in [-0.2, -0.15) is 0 Å². The first-order valence-corrected chi connectivity index (χ1v) is 14.0. The Balaban J connectivity index is 3.50. The van der Waals surface area contributed by atoms with Crippen LogP contribution in [0.2, 0.25) is 0 Å². The van der Waals surface area contributed by atoms with E-state index in [1.165, 1.54) is 70.6 Å². The summed E-state index contributed by atoms with van der Waals surface area (Å²) in [5, 5.41) is 9.78. The lowest BCUT2D eigenvalue weighted by atomic mass is 10.0. The number of quaternary nitrogens is 1. The van der Waals surface area contributed by atoms with Gasteiger partial charge in [-0.05, 0) is 18.9 Å². The van der Waals surface area contributed by atoms with Crippen molar-refractivity contribution in [3.8, 4) is 0 Å². The van der Waals surface area contributed by atoms with E-state index in [0.717, 1.165) is 12.8 Å². The third-order valence-electron chi connectivity index (χ3n) is 5.14. The monoisotopic (exact) mass is 479 g/mol. The van der Waals surface area contributed by atoms with Crippen molar-refractivity contribution in [2.45, 2.75) is 96.5 Å². The van der Waals surface area contributed by atoms with Crippen molar-refractivity contribution in [1.82, 2.24) is 0 Å². The van der Waals surface area contributed by atoms with Crippen molar-refractivity contribution in [2.24, 2.45) is 0 Å². The smallest absolute Gasteiger partial charge is 0.268 e. The van der Waals surface area contributed by atoms with Crippen molar-refractivity contribution in [1.29, 1.82) is 0 Å². The maximum Gasteiger partial charge on any atom is 0.268 e. The molecule has 0 radical (unpaired) electrons. The van der Waals surface area contributed by atoms with E-state index in [2.05, 4.69) is 6.92 Å². The van der Waals surface area contributed by atoms with E-state index in [9.17, 15) is 14.6 Å². The molecule has 0 saturated carbocycles. The summed E-state index contributed by atoms with van der Waals surface area (Å²) in [6.45, 7) is 2.43. The van der Waals surface area contributed by atoms with Gasteiger partial charge in [0.1, 0.15) is 25.9 Å². The number of aliphatic hydroxyl groups excluding tert-OH is 1. The molecule has 2 atom stereocenters. The van der Waals surface area contributed by atoms with Crippen LogP contribution in [0, 0.1) is 0 Å². The molecule has 0 aromatic rings. The Bertz CT molecular complexity index is 495. The number of allylic oxidation sites excluding steroid dienone is 1. The molecule has 0 amide bonds. The van der Waals surface area contributed by atoms with Gasteiger partial charge in [-0.15, -0.1) is 0 Å². The van der Waals surface area contributed by atoms with E-state index >= 15 is 0 Å². The number of rotatable bonds is 23. The maximum absolute atomic E-state index is 11.7. The van der Waals surface area contributed by atoms with E-state index in [1.807, 2.05) is 27.2 Å². The molecular weight excluding hydrogens is 429 g/mol. The summed E-state index contributed by atoms with van der Waals surface area (Å²) in [5.74, 6) is 0. The van der Waals surface area contributed by atoms with Gasteiger partial charge in [0, 0.05) is 0 Å². The molecule has 0 fully saturated rings. The van der Waals surface area contributed by atoms with Crippen molar-refractivity contribution in [3.05, 3.63) is 12.3 Å². The Labute approximate surface area is 197 Å². The number of hydrogen-bond donors (Lipinski definition) is 1. The highest BCUT2D eigenvalue weighted by molar-refractivity contribution is 7.45. The van der Waals surface area contributed by atoms with Gasteiger partial charge in [0.25, 0.3) is 7.82 Å². The molecule has 1 N–H and O–H groups in total. The number of unbranched alkanes of at least 4 members (excludes halogenated alkanes) is 12. The summed E-state index contributed by atoms with van der Waals surface area (Å²) >= 11 is 0. The van der Waals surface area contributed by atoms with Gasteiger partial charge in [-0.25, -0.2) is 0 Å². The molecule has 0 bridgehead atoms. The minimum Gasteiger partial charge on any atom is -0.756 e. The fourth-order valence-corrected chi connectivity index (χ4v) is 3.83. The first kappa shape index (κ1) is 31.6. The number of hydrogen-bond acceptors (Lipinski definition) is 6. The summed E-state index contributed by atoms with van der Waals surface area (Å²) in [4.78, 5) is 11.7. The first-order valence-electron chi connectivity index (χ1n) is 12.5. The summed E-state index contributed by atoms with van der Waals surface area (Å²) in [6, 6.07) is 0. The minimum atomic E-state index is -4.40. The van der Waals surface area contributed by atoms with E-state index in [1.54, 1.807) is 6.26 Å². The van der Waals surface area contributed by atoms with Crippen LogP contribution in [0.3, 0.4) is 0 Å². The standard InChI is InChI=1S/C24H50NO6P/c1-5-6-7-8-9-10-11-12-13-14-15-16-17-18-20-29-22-24(26)23-31-32(27,28)30-21-19-25(2,3)4/h18,20,24,26H,5-17,19,21-23H2,1-4H3/b20-18-. The zero-order chi connectivity index (χ0) is 24.1. The van der Waals surface area contributed by atoms with E-state index in [-0.39, 0.29) is 19.8 Å².